The molecule has 0 saturated carbocycles. The van der Waals surface area contributed by atoms with Crippen molar-refractivity contribution in [1.29, 1.82) is 0 Å². The van der Waals surface area contributed by atoms with Crippen LogP contribution in [0.5, 0.6) is 0 Å². The van der Waals surface area contributed by atoms with Crippen LogP contribution >= 0.6 is 0 Å². The van der Waals surface area contributed by atoms with Gasteiger partial charge in [-0.2, -0.15) is 0 Å². The monoisotopic (exact) mass is 396 g/mol. The Hall–Kier alpha value is -2.26. The van der Waals surface area contributed by atoms with Crippen molar-refractivity contribution in [2.24, 2.45) is 5.92 Å². The van der Waals surface area contributed by atoms with Gasteiger partial charge >= 0.3 is 0 Å². The molecule has 4 amide bonds. The van der Waals surface area contributed by atoms with Crippen LogP contribution in [0.2, 0.25) is 0 Å². The molecule has 0 unspecified atom stereocenters. The summed E-state index contributed by atoms with van der Waals surface area (Å²) >= 11 is 0. The molecule has 1 atom stereocenters. The summed E-state index contributed by atoms with van der Waals surface area (Å²) in [5.74, 6) is -0.588. The van der Waals surface area contributed by atoms with Crippen LogP contribution in [-0.2, 0) is 23.9 Å². The van der Waals surface area contributed by atoms with Crippen LogP contribution in [0, 0.1) is 5.92 Å². The second-order valence-electron chi connectivity index (χ2n) is 6.96. The lowest BCUT2D eigenvalue weighted by molar-refractivity contribution is -0.137. The molecule has 0 aromatic heterocycles. The predicted octanol–water partition coefficient (Wildman–Crippen LogP) is -0.425. The molecule has 1 aliphatic heterocycles. The van der Waals surface area contributed by atoms with E-state index in [4.69, 9.17) is 4.74 Å². The van der Waals surface area contributed by atoms with E-state index in [0.717, 1.165) is 11.4 Å². The number of hydrogen-bond donors (Lipinski definition) is 3. The van der Waals surface area contributed by atoms with E-state index in [0.29, 0.717) is 25.0 Å². The Morgan fingerprint density at radius 2 is 1.54 bits per heavy atom. The summed E-state index contributed by atoms with van der Waals surface area (Å²) in [7, 11) is 0. The Balaban J connectivity index is 1.95. The van der Waals surface area contributed by atoms with E-state index in [9.17, 15) is 19.2 Å². The zero-order valence-electron chi connectivity index (χ0n) is 17.0. The van der Waals surface area contributed by atoms with Gasteiger partial charge in [0.05, 0.1) is 13.2 Å². The molecule has 1 heterocycles. The first kappa shape index (κ1) is 23.8. The highest BCUT2D eigenvalue weighted by atomic mass is 16.5. The summed E-state index contributed by atoms with van der Waals surface area (Å²) < 4.78 is 5.32. The fourth-order valence-electron chi connectivity index (χ4n) is 2.31. The first-order chi connectivity index (χ1) is 13.3. The van der Waals surface area contributed by atoms with E-state index < -0.39 is 11.8 Å². The number of nitrogens with zero attached hydrogens (tertiary/aromatic N) is 1. The summed E-state index contributed by atoms with van der Waals surface area (Å²) in [6, 6.07) is 0.406. The molecule has 0 aromatic rings. The van der Waals surface area contributed by atoms with E-state index in [2.05, 4.69) is 36.7 Å². The summed E-state index contributed by atoms with van der Waals surface area (Å²) in [6.07, 6.45) is 2.69. The molecule has 0 bridgehead atoms. The fourth-order valence-corrected chi connectivity index (χ4v) is 2.31. The van der Waals surface area contributed by atoms with Gasteiger partial charge in [0.1, 0.15) is 0 Å². The van der Waals surface area contributed by atoms with Crippen LogP contribution in [-0.4, -0.2) is 74.0 Å². The maximum atomic E-state index is 11.7. The SMILES string of the molecule is CC(C)[C@@H](C)NCCNC(=O)CCOCCNC(=O)CCN1C(=O)C=CC1=O. The van der Waals surface area contributed by atoms with Crippen LogP contribution in [0.25, 0.3) is 0 Å². The number of ether oxygens (including phenoxy) is 1. The van der Waals surface area contributed by atoms with Crippen molar-refractivity contribution in [1.82, 2.24) is 20.9 Å². The van der Waals surface area contributed by atoms with E-state index in [1.165, 1.54) is 12.2 Å². The molecule has 1 aliphatic rings. The second-order valence-corrected chi connectivity index (χ2v) is 6.96. The maximum absolute atomic E-state index is 11.7. The minimum atomic E-state index is -0.398. The van der Waals surface area contributed by atoms with Crippen molar-refractivity contribution in [2.75, 3.05) is 39.4 Å². The van der Waals surface area contributed by atoms with Gasteiger partial charge in [0.25, 0.3) is 11.8 Å². The quantitative estimate of drug-likeness (QED) is 0.271. The first-order valence-corrected chi connectivity index (χ1v) is 9.69. The van der Waals surface area contributed by atoms with Gasteiger partial charge in [0.2, 0.25) is 11.8 Å². The van der Waals surface area contributed by atoms with Crippen LogP contribution < -0.4 is 16.0 Å². The Bertz CT molecular complexity index is 559. The zero-order valence-corrected chi connectivity index (χ0v) is 17.0. The van der Waals surface area contributed by atoms with Crippen molar-refractivity contribution in [3.63, 3.8) is 0 Å². The van der Waals surface area contributed by atoms with E-state index >= 15 is 0 Å². The molecule has 0 radical (unpaired) electrons. The number of carbonyl (C=O) groups is 4. The lowest BCUT2D eigenvalue weighted by atomic mass is 10.1. The summed E-state index contributed by atoms with van der Waals surface area (Å²) in [5.41, 5.74) is 0. The number of hydrogen-bond acceptors (Lipinski definition) is 6. The van der Waals surface area contributed by atoms with Gasteiger partial charge in [-0.15, -0.1) is 0 Å². The van der Waals surface area contributed by atoms with Crippen LogP contribution in [0.1, 0.15) is 33.6 Å². The van der Waals surface area contributed by atoms with Gasteiger partial charge in [-0.25, -0.2) is 0 Å². The standard InChI is InChI=1S/C19H32N4O5/c1-14(2)15(3)20-8-9-21-17(25)7-12-28-13-10-22-16(24)6-11-23-18(26)4-5-19(23)27/h4-5,14-15,20H,6-13H2,1-3H3,(H,21,25)(H,22,24)/t15-/m1/s1. The molecule has 9 nitrogen and oxygen atoms in total. The van der Waals surface area contributed by atoms with Gasteiger partial charge in [0.15, 0.2) is 0 Å². The van der Waals surface area contributed by atoms with Crippen molar-refractivity contribution < 1.29 is 23.9 Å². The minimum absolute atomic E-state index is 0.0467. The van der Waals surface area contributed by atoms with E-state index in [1.807, 2.05) is 0 Å². The molecule has 0 fully saturated rings. The van der Waals surface area contributed by atoms with Gasteiger partial charge in [-0.3, -0.25) is 24.1 Å². The van der Waals surface area contributed by atoms with Crippen LogP contribution in [0.15, 0.2) is 12.2 Å². The normalized spacial score (nSPS) is 14.6. The Morgan fingerprint density at radius 1 is 0.929 bits per heavy atom. The Kier molecular flexibility index (Phi) is 11.0. The lowest BCUT2D eigenvalue weighted by Crippen LogP contribution is -2.38. The number of rotatable bonds is 14. The maximum Gasteiger partial charge on any atom is 0.253 e. The predicted molar refractivity (Wildman–Crippen MR) is 104 cm³/mol. The Morgan fingerprint density at radius 3 is 2.18 bits per heavy atom. The van der Waals surface area contributed by atoms with Crippen molar-refractivity contribution in [2.45, 2.75) is 39.7 Å². The number of nitrogens with one attached hydrogen (secondary N) is 3. The molecule has 158 valence electrons. The average Bonchev–Trinajstić information content (AvgIpc) is 2.97. The average molecular weight is 396 g/mol. The largest absolute Gasteiger partial charge is 0.379 e. The van der Waals surface area contributed by atoms with Gasteiger partial charge < -0.3 is 20.7 Å². The van der Waals surface area contributed by atoms with Crippen LogP contribution in [0.3, 0.4) is 0 Å². The van der Waals surface area contributed by atoms with Gasteiger partial charge in [-0.05, 0) is 12.8 Å². The Labute approximate surface area is 166 Å². The molecule has 0 aromatic carbocycles. The topological polar surface area (TPSA) is 117 Å². The summed E-state index contributed by atoms with van der Waals surface area (Å²) in [6.45, 7) is 8.62. The second kappa shape index (κ2) is 13.0. The first-order valence-electron chi connectivity index (χ1n) is 9.69. The highest BCUT2D eigenvalue weighted by Gasteiger charge is 2.23. The van der Waals surface area contributed by atoms with Crippen molar-refractivity contribution in [3.05, 3.63) is 12.2 Å². The molecule has 0 spiro atoms. The third-order valence-electron chi connectivity index (χ3n) is 4.42. The lowest BCUT2D eigenvalue weighted by Gasteiger charge is -2.17. The van der Waals surface area contributed by atoms with E-state index in [1.54, 1.807) is 0 Å². The molecule has 1 rings (SSSR count). The molecular weight excluding hydrogens is 364 g/mol. The molecule has 9 heteroatoms. The van der Waals surface area contributed by atoms with Crippen molar-refractivity contribution in [3.8, 4) is 0 Å². The third kappa shape index (κ3) is 9.61. The van der Waals surface area contributed by atoms with E-state index in [-0.39, 0.29) is 44.4 Å². The molecule has 3 N–H and O–H groups in total. The molecular formula is C19H32N4O5. The fraction of sp³-hybridized carbons (Fsp3) is 0.684. The van der Waals surface area contributed by atoms with Gasteiger partial charge in [-0.1, -0.05) is 13.8 Å². The summed E-state index contributed by atoms with van der Waals surface area (Å²) in [5, 5.41) is 8.80. The van der Waals surface area contributed by atoms with Crippen molar-refractivity contribution >= 4 is 23.6 Å². The molecule has 28 heavy (non-hydrogen) atoms. The molecule has 0 saturated heterocycles. The zero-order chi connectivity index (χ0) is 20.9. The third-order valence-corrected chi connectivity index (χ3v) is 4.42. The smallest absolute Gasteiger partial charge is 0.253 e. The molecule has 0 aliphatic carbocycles. The number of amides is 4. The highest BCUT2D eigenvalue weighted by molar-refractivity contribution is 6.13. The number of imide groups is 1. The highest BCUT2D eigenvalue weighted by Crippen LogP contribution is 2.03. The van der Waals surface area contributed by atoms with Gasteiger partial charge in [0, 0.05) is 57.2 Å². The number of carbonyl (C=O) groups excluding carboxylic acids is 4. The summed E-state index contributed by atoms with van der Waals surface area (Å²) in [4.78, 5) is 47.1. The minimum Gasteiger partial charge on any atom is -0.379 e. The van der Waals surface area contributed by atoms with Crippen LogP contribution in [0.4, 0.5) is 0 Å².